The zero-order valence-electron chi connectivity index (χ0n) is 16.1. The number of piperidine rings is 1. The lowest BCUT2D eigenvalue weighted by molar-refractivity contribution is -0.0187. The minimum Gasteiger partial charge on any atom is -0.494 e. The number of benzene rings is 1. The van der Waals surface area contributed by atoms with Crippen LogP contribution in [0.2, 0.25) is 0 Å². The second-order valence-electron chi connectivity index (χ2n) is 7.73. The number of likely N-dealkylation sites (tertiary alicyclic amines) is 1. The SMILES string of the molecule is CCCOc1ccc([C@H](C)NC(=O)N2CCCC3(CCOCC3)C2)cc1. The highest BCUT2D eigenvalue weighted by Crippen LogP contribution is 2.39. The number of nitrogens with one attached hydrogen (secondary N) is 1. The molecule has 2 aliphatic heterocycles. The van der Waals surface area contributed by atoms with E-state index >= 15 is 0 Å². The number of hydrogen-bond donors (Lipinski definition) is 1. The second kappa shape index (κ2) is 8.76. The molecule has 1 aromatic carbocycles. The molecule has 3 rings (SSSR count). The van der Waals surface area contributed by atoms with Gasteiger partial charge >= 0.3 is 6.03 Å². The summed E-state index contributed by atoms with van der Waals surface area (Å²) < 4.78 is 11.1. The monoisotopic (exact) mass is 360 g/mol. The largest absolute Gasteiger partial charge is 0.494 e. The van der Waals surface area contributed by atoms with E-state index in [9.17, 15) is 4.79 Å². The molecule has 2 heterocycles. The van der Waals surface area contributed by atoms with E-state index in [4.69, 9.17) is 9.47 Å². The van der Waals surface area contributed by atoms with Crippen LogP contribution in [0.1, 0.15) is 57.6 Å². The number of carbonyl (C=O) groups excluding carboxylic acids is 1. The molecule has 144 valence electrons. The van der Waals surface area contributed by atoms with Crippen molar-refractivity contribution in [3.63, 3.8) is 0 Å². The molecule has 1 atom stereocenters. The molecule has 0 radical (unpaired) electrons. The summed E-state index contributed by atoms with van der Waals surface area (Å²) in [5.74, 6) is 0.881. The minimum atomic E-state index is -0.0182. The number of ether oxygens (including phenoxy) is 2. The summed E-state index contributed by atoms with van der Waals surface area (Å²) in [4.78, 5) is 14.8. The first-order valence-electron chi connectivity index (χ1n) is 9.98. The first kappa shape index (κ1) is 19.0. The number of nitrogens with zero attached hydrogens (tertiary/aromatic N) is 1. The molecule has 0 saturated carbocycles. The van der Waals surface area contributed by atoms with E-state index in [2.05, 4.69) is 12.2 Å². The Morgan fingerprint density at radius 3 is 2.69 bits per heavy atom. The molecule has 2 aliphatic rings. The molecule has 0 aromatic heterocycles. The number of carbonyl (C=O) groups is 1. The molecule has 26 heavy (non-hydrogen) atoms. The average molecular weight is 360 g/mol. The molecule has 5 heteroatoms. The number of amides is 2. The normalized spacial score (nSPS) is 20.6. The summed E-state index contributed by atoms with van der Waals surface area (Å²) in [7, 11) is 0. The van der Waals surface area contributed by atoms with Crippen molar-refractivity contribution < 1.29 is 14.3 Å². The van der Waals surface area contributed by atoms with Crippen LogP contribution in [0.5, 0.6) is 5.75 Å². The third-order valence-corrected chi connectivity index (χ3v) is 5.70. The van der Waals surface area contributed by atoms with Gasteiger partial charge in [-0.1, -0.05) is 19.1 Å². The van der Waals surface area contributed by atoms with Crippen LogP contribution in [0.3, 0.4) is 0 Å². The molecule has 0 aliphatic carbocycles. The van der Waals surface area contributed by atoms with E-state index in [1.807, 2.05) is 36.1 Å². The summed E-state index contributed by atoms with van der Waals surface area (Å²) in [5.41, 5.74) is 1.37. The topological polar surface area (TPSA) is 50.8 Å². The molecule has 2 amide bonds. The Balaban J connectivity index is 1.55. The van der Waals surface area contributed by atoms with Crippen LogP contribution in [-0.4, -0.2) is 43.8 Å². The van der Waals surface area contributed by atoms with Gasteiger partial charge < -0.3 is 19.7 Å². The molecule has 0 unspecified atom stereocenters. The Morgan fingerprint density at radius 1 is 1.27 bits per heavy atom. The number of urea groups is 1. The molecule has 1 N–H and O–H groups in total. The summed E-state index contributed by atoms with van der Waals surface area (Å²) in [5, 5.41) is 3.17. The van der Waals surface area contributed by atoms with Gasteiger partial charge in [-0.15, -0.1) is 0 Å². The smallest absolute Gasteiger partial charge is 0.317 e. The Bertz CT molecular complexity index is 576. The van der Waals surface area contributed by atoms with Crippen molar-refractivity contribution in [3.05, 3.63) is 29.8 Å². The Kier molecular flexibility index (Phi) is 6.41. The van der Waals surface area contributed by atoms with E-state index in [0.29, 0.717) is 0 Å². The van der Waals surface area contributed by atoms with Crippen molar-refractivity contribution in [1.29, 1.82) is 0 Å². The van der Waals surface area contributed by atoms with Gasteiger partial charge in [0.05, 0.1) is 12.6 Å². The average Bonchev–Trinajstić information content (AvgIpc) is 2.67. The highest BCUT2D eigenvalue weighted by atomic mass is 16.5. The molecule has 1 aromatic rings. The molecule has 0 bridgehead atoms. The summed E-state index contributed by atoms with van der Waals surface area (Å²) in [6.07, 6.45) is 5.45. The summed E-state index contributed by atoms with van der Waals surface area (Å²) >= 11 is 0. The maximum absolute atomic E-state index is 12.8. The number of rotatable bonds is 5. The van der Waals surface area contributed by atoms with Crippen LogP contribution in [0.15, 0.2) is 24.3 Å². The Morgan fingerprint density at radius 2 is 2.00 bits per heavy atom. The molecular weight excluding hydrogens is 328 g/mol. The zero-order chi connectivity index (χ0) is 18.4. The van der Waals surface area contributed by atoms with Gasteiger partial charge in [0.1, 0.15) is 5.75 Å². The van der Waals surface area contributed by atoms with Crippen molar-refractivity contribution in [2.24, 2.45) is 5.41 Å². The van der Waals surface area contributed by atoms with Crippen molar-refractivity contribution in [2.45, 2.75) is 52.0 Å². The van der Waals surface area contributed by atoms with Crippen LogP contribution >= 0.6 is 0 Å². The van der Waals surface area contributed by atoms with Gasteiger partial charge in [-0.2, -0.15) is 0 Å². The van der Waals surface area contributed by atoms with Crippen molar-refractivity contribution in [2.75, 3.05) is 32.9 Å². The highest BCUT2D eigenvalue weighted by molar-refractivity contribution is 5.75. The predicted octanol–water partition coefficient (Wildman–Crippen LogP) is 4.14. The minimum absolute atomic E-state index is 0.0182. The van der Waals surface area contributed by atoms with E-state index in [1.165, 1.54) is 6.42 Å². The zero-order valence-corrected chi connectivity index (χ0v) is 16.1. The van der Waals surface area contributed by atoms with Gasteiger partial charge in [0.15, 0.2) is 0 Å². The lowest BCUT2D eigenvalue weighted by atomic mass is 9.74. The van der Waals surface area contributed by atoms with Gasteiger partial charge in [-0.25, -0.2) is 4.79 Å². The van der Waals surface area contributed by atoms with Crippen molar-refractivity contribution in [3.8, 4) is 5.75 Å². The molecule has 1 spiro atoms. The fourth-order valence-electron chi connectivity index (χ4n) is 4.03. The predicted molar refractivity (Wildman–Crippen MR) is 102 cm³/mol. The first-order valence-corrected chi connectivity index (χ1v) is 9.98. The Labute approximate surface area is 157 Å². The lowest BCUT2D eigenvalue weighted by Crippen LogP contribution is -2.51. The van der Waals surface area contributed by atoms with E-state index in [0.717, 1.165) is 69.9 Å². The summed E-state index contributed by atoms with van der Waals surface area (Å²) in [6.45, 7) is 8.23. The van der Waals surface area contributed by atoms with Crippen LogP contribution in [0, 0.1) is 5.41 Å². The molecular formula is C21H32N2O3. The maximum Gasteiger partial charge on any atom is 0.317 e. The third kappa shape index (κ3) is 4.70. The van der Waals surface area contributed by atoms with Gasteiger partial charge in [-0.3, -0.25) is 0 Å². The van der Waals surface area contributed by atoms with Gasteiger partial charge in [-0.05, 0) is 62.1 Å². The van der Waals surface area contributed by atoms with E-state index < -0.39 is 0 Å². The van der Waals surface area contributed by atoms with Crippen LogP contribution < -0.4 is 10.1 Å². The van der Waals surface area contributed by atoms with Gasteiger partial charge in [0.25, 0.3) is 0 Å². The number of hydrogen-bond acceptors (Lipinski definition) is 3. The highest BCUT2D eigenvalue weighted by Gasteiger charge is 2.38. The fourth-order valence-corrected chi connectivity index (χ4v) is 4.03. The van der Waals surface area contributed by atoms with Gasteiger partial charge in [0, 0.05) is 26.3 Å². The van der Waals surface area contributed by atoms with Crippen LogP contribution in [0.25, 0.3) is 0 Å². The van der Waals surface area contributed by atoms with Crippen LogP contribution in [-0.2, 0) is 4.74 Å². The fraction of sp³-hybridized carbons (Fsp3) is 0.667. The standard InChI is InChI=1S/C21H32N2O3/c1-3-13-26-19-7-5-18(6-8-19)17(2)22-20(24)23-12-4-9-21(16-23)10-14-25-15-11-21/h5-8,17H,3-4,9-16H2,1-2H3,(H,22,24)/t17-/m0/s1. The first-order chi connectivity index (χ1) is 12.6. The lowest BCUT2D eigenvalue weighted by Gasteiger charge is -2.45. The quantitative estimate of drug-likeness (QED) is 0.859. The van der Waals surface area contributed by atoms with E-state index in [-0.39, 0.29) is 17.5 Å². The van der Waals surface area contributed by atoms with E-state index in [1.54, 1.807) is 0 Å². The second-order valence-corrected chi connectivity index (χ2v) is 7.73. The third-order valence-electron chi connectivity index (χ3n) is 5.70. The van der Waals surface area contributed by atoms with Crippen molar-refractivity contribution >= 4 is 6.03 Å². The summed E-state index contributed by atoms with van der Waals surface area (Å²) in [6, 6.07) is 8.06. The van der Waals surface area contributed by atoms with Crippen LogP contribution in [0.4, 0.5) is 4.79 Å². The maximum atomic E-state index is 12.8. The van der Waals surface area contributed by atoms with Gasteiger partial charge in [0.2, 0.25) is 0 Å². The molecule has 2 fully saturated rings. The van der Waals surface area contributed by atoms with Crippen molar-refractivity contribution in [1.82, 2.24) is 10.2 Å². The molecule has 2 saturated heterocycles. The Hall–Kier alpha value is -1.75. The molecule has 5 nitrogen and oxygen atoms in total.